The number of methoxy groups -OCH3 is 1. The van der Waals surface area contributed by atoms with Crippen molar-refractivity contribution in [3.05, 3.63) is 53.6 Å². The Kier molecular flexibility index (Phi) is 10.1. The molecular weight excluding hydrogens is 507 g/mol. The predicted octanol–water partition coefficient (Wildman–Crippen LogP) is 4.54. The van der Waals surface area contributed by atoms with Crippen LogP contribution in [0.25, 0.3) is 0 Å². The highest BCUT2D eigenvalue weighted by molar-refractivity contribution is 14.0. The van der Waals surface area contributed by atoms with Crippen molar-refractivity contribution >= 4 is 47.4 Å². The van der Waals surface area contributed by atoms with Gasteiger partial charge in [0, 0.05) is 49.9 Å². The Hall–Kier alpha value is -1.61. The Balaban J connectivity index is 0.00000320. The summed E-state index contributed by atoms with van der Waals surface area (Å²) in [6.07, 6.45) is 3.30. The molecule has 2 N–H and O–H groups in total. The molecule has 2 aromatic rings. The van der Waals surface area contributed by atoms with Crippen LogP contribution in [0.2, 0.25) is 0 Å². The normalized spacial score (nSPS) is 16.2. The topological polar surface area (TPSA) is 48.9 Å². The second kappa shape index (κ2) is 12.3. The number of halogens is 1. The molecule has 0 saturated carbocycles. The number of aryl methyl sites for hydroxylation is 1. The Morgan fingerprint density at radius 1 is 1.23 bits per heavy atom. The number of aliphatic imine (C=N–C) groups is 1. The number of guanidine groups is 1. The van der Waals surface area contributed by atoms with Crippen molar-refractivity contribution in [3.8, 4) is 5.75 Å². The van der Waals surface area contributed by atoms with Gasteiger partial charge in [-0.1, -0.05) is 18.2 Å². The van der Waals surface area contributed by atoms with Gasteiger partial charge in [0.05, 0.1) is 7.11 Å². The summed E-state index contributed by atoms with van der Waals surface area (Å²) in [7, 11) is 3.55. The average Bonchev–Trinajstić information content (AvgIpc) is 3.23. The van der Waals surface area contributed by atoms with E-state index in [0.29, 0.717) is 5.92 Å². The van der Waals surface area contributed by atoms with E-state index < -0.39 is 0 Å². The molecule has 1 fully saturated rings. The second-order valence-electron chi connectivity index (χ2n) is 7.42. The maximum absolute atomic E-state index is 5.36. The van der Waals surface area contributed by atoms with Crippen molar-refractivity contribution < 1.29 is 4.74 Å². The lowest BCUT2D eigenvalue weighted by molar-refractivity contribution is 0.415. The molecule has 0 spiro atoms. The largest absolute Gasteiger partial charge is 0.497 e. The predicted molar refractivity (Wildman–Crippen MR) is 140 cm³/mol. The van der Waals surface area contributed by atoms with E-state index in [-0.39, 0.29) is 24.0 Å². The van der Waals surface area contributed by atoms with Gasteiger partial charge in [0.15, 0.2) is 5.96 Å². The van der Waals surface area contributed by atoms with Crippen LogP contribution in [0.1, 0.15) is 17.5 Å². The van der Waals surface area contributed by atoms with Gasteiger partial charge < -0.3 is 20.3 Å². The molecule has 1 atom stereocenters. The van der Waals surface area contributed by atoms with E-state index in [1.807, 2.05) is 13.1 Å². The molecule has 3 rings (SSSR count). The minimum Gasteiger partial charge on any atom is -0.497 e. The SMILES string of the molecule is CN=C(NCc1ccc(C)cc1SC)NCC1CCN(c2cccc(OC)c2)C1.I. The van der Waals surface area contributed by atoms with Crippen LogP contribution < -0.4 is 20.3 Å². The third-order valence-corrected chi connectivity index (χ3v) is 6.19. The monoisotopic (exact) mass is 540 g/mol. The number of hydrogen-bond donors (Lipinski definition) is 2. The average molecular weight is 541 g/mol. The molecule has 1 saturated heterocycles. The first-order valence-electron chi connectivity index (χ1n) is 10.1. The summed E-state index contributed by atoms with van der Waals surface area (Å²) in [6.45, 7) is 5.95. The summed E-state index contributed by atoms with van der Waals surface area (Å²) in [6, 6.07) is 14.9. The smallest absolute Gasteiger partial charge is 0.191 e. The fourth-order valence-corrected chi connectivity index (χ4v) is 4.39. The van der Waals surface area contributed by atoms with Crippen LogP contribution >= 0.6 is 35.7 Å². The molecule has 0 aromatic heterocycles. The van der Waals surface area contributed by atoms with Gasteiger partial charge in [-0.25, -0.2) is 0 Å². The Morgan fingerprint density at radius 3 is 2.80 bits per heavy atom. The van der Waals surface area contributed by atoms with Gasteiger partial charge in [0.2, 0.25) is 0 Å². The maximum atomic E-state index is 5.36. The number of benzene rings is 2. The lowest BCUT2D eigenvalue weighted by Gasteiger charge is -2.20. The van der Waals surface area contributed by atoms with Crippen LogP contribution in [0.15, 0.2) is 52.4 Å². The van der Waals surface area contributed by atoms with Crippen LogP contribution in [0.3, 0.4) is 0 Å². The van der Waals surface area contributed by atoms with Crippen molar-refractivity contribution in [2.45, 2.75) is 24.8 Å². The molecule has 7 heteroatoms. The van der Waals surface area contributed by atoms with E-state index in [1.54, 1.807) is 18.9 Å². The zero-order chi connectivity index (χ0) is 20.6. The van der Waals surface area contributed by atoms with Crippen LogP contribution in [-0.2, 0) is 6.54 Å². The van der Waals surface area contributed by atoms with E-state index in [9.17, 15) is 0 Å². The lowest BCUT2D eigenvalue weighted by atomic mass is 10.1. The Morgan fingerprint density at radius 2 is 2.07 bits per heavy atom. The van der Waals surface area contributed by atoms with E-state index in [2.05, 4.69) is 70.1 Å². The summed E-state index contributed by atoms with van der Waals surface area (Å²) in [5.41, 5.74) is 3.83. The first kappa shape index (κ1) is 24.7. The van der Waals surface area contributed by atoms with E-state index >= 15 is 0 Å². The van der Waals surface area contributed by atoms with Crippen molar-refractivity contribution in [2.24, 2.45) is 10.9 Å². The van der Waals surface area contributed by atoms with Gasteiger partial charge >= 0.3 is 0 Å². The standard InChI is InChI=1S/C23H32N4OS.HI/c1-17-8-9-19(22(12-17)29-4)15-26-23(24-2)25-14-18-10-11-27(16-18)20-6-5-7-21(13-20)28-3;/h5-9,12-13,18H,10-11,14-16H2,1-4H3,(H2,24,25,26);1H. The first-order valence-corrected chi connectivity index (χ1v) is 11.3. The van der Waals surface area contributed by atoms with Crippen LogP contribution in [-0.4, -0.2) is 46.0 Å². The lowest BCUT2D eigenvalue weighted by Crippen LogP contribution is -2.40. The number of thioether (sulfide) groups is 1. The highest BCUT2D eigenvalue weighted by Crippen LogP contribution is 2.26. The molecule has 1 aliphatic heterocycles. The molecule has 0 aliphatic carbocycles. The quantitative estimate of drug-likeness (QED) is 0.234. The van der Waals surface area contributed by atoms with Crippen LogP contribution in [0.5, 0.6) is 5.75 Å². The molecule has 30 heavy (non-hydrogen) atoms. The van der Waals surface area contributed by atoms with Crippen LogP contribution in [0.4, 0.5) is 5.69 Å². The zero-order valence-corrected chi connectivity index (χ0v) is 21.4. The van der Waals surface area contributed by atoms with Crippen molar-refractivity contribution in [2.75, 3.05) is 44.9 Å². The number of rotatable bonds is 7. The zero-order valence-electron chi connectivity index (χ0n) is 18.3. The highest BCUT2D eigenvalue weighted by Gasteiger charge is 2.23. The molecule has 5 nitrogen and oxygen atoms in total. The third-order valence-electron chi connectivity index (χ3n) is 5.37. The summed E-state index contributed by atoms with van der Waals surface area (Å²) in [5.74, 6) is 2.37. The van der Waals surface area contributed by atoms with Crippen LogP contribution in [0, 0.1) is 12.8 Å². The van der Waals surface area contributed by atoms with E-state index in [0.717, 1.165) is 37.9 Å². The van der Waals surface area contributed by atoms with Gasteiger partial charge in [-0.2, -0.15) is 0 Å². The van der Waals surface area contributed by atoms with Crippen molar-refractivity contribution in [1.82, 2.24) is 10.6 Å². The van der Waals surface area contributed by atoms with Gasteiger partial charge in [0.1, 0.15) is 5.75 Å². The molecule has 1 aliphatic rings. The molecule has 2 aromatic carbocycles. The Labute approximate surface area is 202 Å². The summed E-state index contributed by atoms with van der Waals surface area (Å²) in [4.78, 5) is 8.14. The van der Waals surface area contributed by atoms with Crippen molar-refractivity contribution in [1.29, 1.82) is 0 Å². The molecule has 0 amide bonds. The molecule has 0 radical (unpaired) electrons. The fraction of sp³-hybridized carbons (Fsp3) is 0.435. The molecule has 0 bridgehead atoms. The fourth-order valence-electron chi connectivity index (χ4n) is 3.68. The highest BCUT2D eigenvalue weighted by atomic mass is 127. The summed E-state index contributed by atoms with van der Waals surface area (Å²) >= 11 is 1.79. The molecule has 164 valence electrons. The van der Waals surface area contributed by atoms with E-state index in [4.69, 9.17) is 4.74 Å². The number of nitrogens with zero attached hydrogens (tertiary/aromatic N) is 2. The number of ether oxygens (including phenoxy) is 1. The Bertz CT molecular complexity index is 846. The van der Waals surface area contributed by atoms with Gasteiger partial charge in [-0.15, -0.1) is 35.7 Å². The minimum atomic E-state index is 0. The number of anilines is 1. The summed E-state index contributed by atoms with van der Waals surface area (Å²) < 4.78 is 5.36. The molecule has 1 heterocycles. The third kappa shape index (κ3) is 6.70. The first-order chi connectivity index (χ1) is 14.1. The minimum absolute atomic E-state index is 0. The molecule has 1 unspecified atom stereocenters. The van der Waals surface area contributed by atoms with E-state index in [1.165, 1.54) is 28.1 Å². The summed E-state index contributed by atoms with van der Waals surface area (Å²) in [5, 5.41) is 6.96. The molecular formula is C23H33IN4OS. The maximum Gasteiger partial charge on any atom is 0.191 e. The van der Waals surface area contributed by atoms with Crippen molar-refractivity contribution in [3.63, 3.8) is 0 Å². The van der Waals surface area contributed by atoms with Gasteiger partial charge in [0.25, 0.3) is 0 Å². The van der Waals surface area contributed by atoms with Gasteiger partial charge in [-0.05, 0) is 54.8 Å². The second-order valence-corrected chi connectivity index (χ2v) is 8.27. The number of hydrogen-bond acceptors (Lipinski definition) is 4. The van der Waals surface area contributed by atoms with Gasteiger partial charge in [-0.3, -0.25) is 4.99 Å². The number of nitrogens with one attached hydrogen (secondary N) is 2.